The molecule has 3 aromatic rings. The fourth-order valence-corrected chi connectivity index (χ4v) is 4.54. The van der Waals surface area contributed by atoms with Crippen molar-refractivity contribution in [2.45, 2.75) is 44.2 Å². The zero-order valence-corrected chi connectivity index (χ0v) is 16.5. The molecule has 4 rings (SSSR count). The molecule has 0 aliphatic heterocycles. The van der Waals surface area contributed by atoms with Crippen LogP contribution in [-0.4, -0.2) is 6.04 Å². The average Bonchev–Trinajstić information content (AvgIpc) is 3.11. The second kappa shape index (κ2) is 7.50. The predicted octanol–water partition coefficient (Wildman–Crippen LogP) is 6.73. The van der Waals surface area contributed by atoms with E-state index in [4.69, 9.17) is 0 Å². The minimum absolute atomic E-state index is 0.146. The van der Waals surface area contributed by atoms with Gasteiger partial charge in [-0.1, -0.05) is 58.4 Å². The lowest BCUT2D eigenvalue weighted by molar-refractivity contribution is 0.458. The zero-order valence-electron chi connectivity index (χ0n) is 14.9. The number of rotatable bonds is 4. The summed E-state index contributed by atoms with van der Waals surface area (Å²) in [5, 5.41) is 5.50. The summed E-state index contributed by atoms with van der Waals surface area (Å²) in [6.45, 7) is 2.19. The fraction of sp³-hybridized carbons (Fsp3) is 0.304. The van der Waals surface area contributed by atoms with E-state index in [1.165, 1.54) is 24.0 Å². The summed E-state index contributed by atoms with van der Waals surface area (Å²) >= 11 is 3.51. The van der Waals surface area contributed by atoms with Gasteiger partial charge < -0.3 is 5.32 Å². The Hall–Kier alpha value is -1.71. The normalized spacial score (nSPS) is 21.2. The van der Waals surface area contributed by atoms with Crippen molar-refractivity contribution in [3.8, 4) is 0 Å². The van der Waals surface area contributed by atoms with Crippen molar-refractivity contribution >= 4 is 26.7 Å². The number of fused-ring (bicyclic) bond motifs is 1. The van der Waals surface area contributed by atoms with Crippen molar-refractivity contribution in [1.29, 1.82) is 0 Å². The lowest BCUT2D eigenvalue weighted by atomic mass is 9.96. The van der Waals surface area contributed by atoms with Crippen molar-refractivity contribution in [2.75, 3.05) is 0 Å². The molecule has 1 saturated carbocycles. The minimum Gasteiger partial charge on any atom is -0.307 e. The molecule has 3 atom stereocenters. The van der Waals surface area contributed by atoms with Gasteiger partial charge in [0.2, 0.25) is 0 Å². The summed E-state index contributed by atoms with van der Waals surface area (Å²) in [4.78, 5) is 0. The first-order valence-electron chi connectivity index (χ1n) is 9.30. The summed E-state index contributed by atoms with van der Waals surface area (Å²) in [5.41, 5.74) is 2.60. The summed E-state index contributed by atoms with van der Waals surface area (Å²) < 4.78 is 15.2. The van der Waals surface area contributed by atoms with Crippen LogP contribution in [0.4, 0.5) is 4.39 Å². The standard InChI is InChI=1S/C23H23BrFN/c1-15(20-12-13-23(25)22-5-3-2-4-21(20)22)26-19-11-8-17(14-19)16-6-9-18(24)10-7-16/h2-7,9-10,12-13,15,17,19,26H,8,11,14H2,1H3/t15-,17-,19?/m1/s1. The van der Waals surface area contributed by atoms with E-state index in [-0.39, 0.29) is 11.9 Å². The molecule has 0 amide bonds. The van der Waals surface area contributed by atoms with Crippen LogP contribution in [0, 0.1) is 5.82 Å². The molecule has 0 spiro atoms. The van der Waals surface area contributed by atoms with Gasteiger partial charge in [0.1, 0.15) is 5.82 Å². The van der Waals surface area contributed by atoms with Gasteiger partial charge in [-0.25, -0.2) is 4.39 Å². The van der Waals surface area contributed by atoms with Crippen LogP contribution in [0.5, 0.6) is 0 Å². The molecule has 1 unspecified atom stereocenters. The van der Waals surface area contributed by atoms with Crippen molar-refractivity contribution in [3.63, 3.8) is 0 Å². The maximum atomic E-state index is 14.1. The van der Waals surface area contributed by atoms with Crippen molar-refractivity contribution in [2.24, 2.45) is 0 Å². The van der Waals surface area contributed by atoms with E-state index in [0.717, 1.165) is 16.3 Å². The molecule has 3 aromatic carbocycles. The quantitative estimate of drug-likeness (QED) is 0.501. The Morgan fingerprint density at radius 2 is 1.69 bits per heavy atom. The fourth-order valence-electron chi connectivity index (χ4n) is 4.28. The summed E-state index contributed by atoms with van der Waals surface area (Å²) in [7, 11) is 0. The summed E-state index contributed by atoms with van der Waals surface area (Å²) in [5.74, 6) is 0.477. The van der Waals surface area contributed by atoms with Crippen molar-refractivity contribution in [1.82, 2.24) is 5.32 Å². The Balaban J connectivity index is 1.48. The molecule has 0 saturated heterocycles. The van der Waals surface area contributed by atoms with Gasteiger partial charge in [0.15, 0.2) is 0 Å². The molecular formula is C23H23BrFN. The van der Waals surface area contributed by atoms with E-state index >= 15 is 0 Å². The largest absolute Gasteiger partial charge is 0.307 e. The van der Waals surface area contributed by atoms with Crippen molar-refractivity contribution in [3.05, 3.63) is 82.1 Å². The maximum Gasteiger partial charge on any atom is 0.131 e. The summed E-state index contributed by atoms with van der Waals surface area (Å²) in [6, 6.07) is 20.7. The molecule has 1 aliphatic carbocycles. The Kier molecular flexibility index (Phi) is 5.10. The lowest BCUT2D eigenvalue weighted by Crippen LogP contribution is -2.29. The molecule has 0 radical (unpaired) electrons. The Bertz CT molecular complexity index is 906. The highest BCUT2D eigenvalue weighted by molar-refractivity contribution is 9.10. The van der Waals surface area contributed by atoms with Crippen LogP contribution in [0.15, 0.2) is 65.1 Å². The second-order valence-electron chi connectivity index (χ2n) is 7.33. The molecule has 1 fully saturated rings. The molecule has 1 N–H and O–H groups in total. The molecule has 3 heteroatoms. The molecule has 26 heavy (non-hydrogen) atoms. The average molecular weight is 412 g/mol. The lowest BCUT2D eigenvalue weighted by Gasteiger charge is -2.22. The predicted molar refractivity (Wildman–Crippen MR) is 110 cm³/mol. The molecular weight excluding hydrogens is 389 g/mol. The van der Waals surface area contributed by atoms with Gasteiger partial charge in [-0.2, -0.15) is 0 Å². The number of benzene rings is 3. The first kappa shape index (κ1) is 17.7. The monoisotopic (exact) mass is 411 g/mol. The van der Waals surface area contributed by atoms with E-state index < -0.39 is 0 Å². The van der Waals surface area contributed by atoms with Crippen molar-refractivity contribution < 1.29 is 4.39 Å². The van der Waals surface area contributed by atoms with Gasteiger partial charge in [-0.3, -0.25) is 0 Å². The van der Waals surface area contributed by atoms with E-state index in [1.54, 1.807) is 6.07 Å². The maximum absolute atomic E-state index is 14.1. The summed E-state index contributed by atoms with van der Waals surface area (Å²) in [6.07, 6.45) is 3.56. The molecule has 0 aromatic heterocycles. The zero-order chi connectivity index (χ0) is 18.1. The van der Waals surface area contributed by atoms with Crippen LogP contribution >= 0.6 is 15.9 Å². The first-order valence-corrected chi connectivity index (χ1v) is 10.1. The Morgan fingerprint density at radius 1 is 0.962 bits per heavy atom. The minimum atomic E-state index is -0.146. The number of hydrogen-bond acceptors (Lipinski definition) is 1. The van der Waals surface area contributed by atoms with Crippen LogP contribution in [0.25, 0.3) is 10.8 Å². The van der Waals surface area contributed by atoms with Gasteiger partial charge in [-0.05, 0) is 66.8 Å². The number of hydrogen-bond donors (Lipinski definition) is 1. The smallest absolute Gasteiger partial charge is 0.131 e. The van der Waals surface area contributed by atoms with E-state index in [2.05, 4.69) is 52.4 Å². The molecule has 134 valence electrons. The topological polar surface area (TPSA) is 12.0 Å². The second-order valence-corrected chi connectivity index (χ2v) is 8.24. The van der Waals surface area contributed by atoms with Crippen LogP contribution in [-0.2, 0) is 0 Å². The molecule has 0 bridgehead atoms. The third kappa shape index (κ3) is 3.56. The highest BCUT2D eigenvalue weighted by Crippen LogP contribution is 2.36. The third-order valence-corrected chi connectivity index (χ3v) is 6.16. The Labute approximate surface area is 162 Å². The SMILES string of the molecule is C[C@@H](NC1CC[C@@H](c2ccc(Br)cc2)C1)c1ccc(F)c2ccccc12. The van der Waals surface area contributed by atoms with Gasteiger partial charge in [0.05, 0.1) is 0 Å². The molecule has 0 heterocycles. The van der Waals surface area contributed by atoms with Crippen LogP contribution in [0.2, 0.25) is 0 Å². The first-order chi connectivity index (χ1) is 12.6. The van der Waals surface area contributed by atoms with Crippen LogP contribution in [0.1, 0.15) is 49.3 Å². The van der Waals surface area contributed by atoms with E-state index in [1.807, 2.05) is 30.3 Å². The number of nitrogens with one attached hydrogen (secondary N) is 1. The van der Waals surface area contributed by atoms with E-state index in [0.29, 0.717) is 17.3 Å². The molecule has 1 nitrogen and oxygen atoms in total. The van der Waals surface area contributed by atoms with Gasteiger partial charge >= 0.3 is 0 Å². The van der Waals surface area contributed by atoms with Gasteiger partial charge in [-0.15, -0.1) is 0 Å². The highest BCUT2D eigenvalue weighted by atomic mass is 79.9. The third-order valence-electron chi connectivity index (χ3n) is 5.63. The highest BCUT2D eigenvalue weighted by Gasteiger charge is 2.27. The Morgan fingerprint density at radius 3 is 2.46 bits per heavy atom. The van der Waals surface area contributed by atoms with Crippen LogP contribution < -0.4 is 5.32 Å². The van der Waals surface area contributed by atoms with Gasteiger partial charge in [0, 0.05) is 21.9 Å². The molecule has 1 aliphatic rings. The van der Waals surface area contributed by atoms with Gasteiger partial charge in [0.25, 0.3) is 0 Å². The van der Waals surface area contributed by atoms with Crippen LogP contribution in [0.3, 0.4) is 0 Å². The number of halogens is 2. The van der Waals surface area contributed by atoms with E-state index in [9.17, 15) is 4.39 Å².